The summed E-state index contributed by atoms with van der Waals surface area (Å²) in [7, 11) is 0. The van der Waals surface area contributed by atoms with Crippen LogP contribution in [0.4, 0.5) is 10.6 Å². The number of imide groups is 1. The molecule has 2 aromatic rings. The molecule has 0 bridgehead atoms. The number of aromatic nitrogens is 2. The van der Waals surface area contributed by atoms with Gasteiger partial charge < -0.3 is 11.1 Å². The molecule has 2 rings (SSSR count). The van der Waals surface area contributed by atoms with Gasteiger partial charge in [-0.2, -0.15) is 0 Å². The average Bonchev–Trinajstić information content (AvgIpc) is 2.92. The molecular weight excluding hydrogens is 310 g/mol. The Kier molecular flexibility index (Phi) is 5.34. The molecule has 0 aliphatic rings. The molecular formula is C12H15N5O2S2. The number of anilines is 1. The van der Waals surface area contributed by atoms with Crippen molar-refractivity contribution in [3.63, 3.8) is 0 Å². The summed E-state index contributed by atoms with van der Waals surface area (Å²) in [6.45, 7) is 2.46. The molecule has 7 nitrogen and oxygen atoms in total. The summed E-state index contributed by atoms with van der Waals surface area (Å²) in [6, 6.07) is 1.37. The number of hydrogen-bond donors (Lipinski definition) is 3. The first-order valence-corrected chi connectivity index (χ1v) is 8.18. The van der Waals surface area contributed by atoms with Gasteiger partial charge in [0.2, 0.25) is 5.91 Å². The van der Waals surface area contributed by atoms with Crippen LogP contribution in [0.25, 0.3) is 10.2 Å². The Bertz CT molecular complexity index is 658. The van der Waals surface area contributed by atoms with Crippen molar-refractivity contribution in [2.45, 2.75) is 18.5 Å². The van der Waals surface area contributed by atoms with Crippen LogP contribution in [-0.4, -0.2) is 34.2 Å². The van der Waals surface area contributed by atoms with Crippen molar-refractivity contribution >= 4 is 51.1 Å². The quantitative estimate of drug-likeness (QED) is 0.569. The normalized spacial score (nSPS) is 10.5. The van der Waals surface area contributed by atoms with Crippen molar-refractivity contribution in [2.24, 2.45) is 0 Å². The third-order valence-corrected chi connectivity index (χ3v) is 4.11. The van der Waals surface area contributed by atoms with Gasteiger partial charge in [0.05, 0.1) is 11.1 Å². The van der Waals surface area contributed by atoms with Crippen LogP contribution in [0, 0.1) is 0 Å². The third kappa shape index (κ3) is 4.30. The molecule has 0 aliphatic carbocycles. The predicted molar refractivity (Wildman–Crippen MR) is 84.4 cm³/mol. The summed E-state index contributed by atoms with van der Waals surface area (Å²) >= 11 is 2.60. The second-order valence-electron chi connectivity index (χ2n) is 4.12. The maximum Gasteiger partial charge on any atom is 0.321 e. The van der Waals surface area contributed by atoms with Crippen molar-refractivity contribution in [3.8, 4) is 0 Å². The number of nitrogens with zero attached hydrogens (tertiary/aromatic N) is 2. The molecule has 0 aromatic carbocycles. The maximum absolute atomic E-state index is 11.6. The fourth-order valence-corrected chi connectivity index (χ4v) is 2.98. The highest BCUT2D eigenvalue weighted by molar-refractivity contribution is 7.99. The van der Waals surface area contributed by atoms with Gasteiger partial charge in [-0.15, -0.1) is 11.3 Å². The highest BCUT2D eigenvalue weighted by atomic mass is 32.2. The molecule has 0 aliphatic heterocycles. The number of fused-ring (bicyclic) bond motifs is 1. The van der Waals surface area contributed by atoms with E-state index in [1.54, 1.807) is 0 Å². The molecule has 0 saturated carbocycles. The van der Waals surface area contributed by atoms with Gasteiger partial charge in [0.15, 0.2) is 5.16 Å². The zero-order valence-corrected chi connectivity index (χ0v) is 13.0. The number of thioether (sulfide) groups is 1. The molecule has 0 spiro atoms. The van der Waals surface area contributed by atoms with Gasteiger partial charge in [-0.1, -0.05) is 18.7 Å². The van der Waals surface area contributed by atoms with E-state index in [1.807, 2.05) is 18.4 Å². The van der Waals surface area contributed by atoms with E-state index >= 15 is 0 Å². The van der Waals surface area contributed by atoms with Crippen molar-refractivity contribution < 1.29 is 9.59 Å². The minimum Gasteiger partial charge on any atom is -0.383 e. The van der Waals surface area contributed by atoms with Crippen molar-refractivity contribution in [1.82, 2.24) is 20.6 Å². The Balaban J connectivity index is 1.89. The molecule has 2 aromatic heterocycles. The van der Waals surface area contributed by atoms with Gasteiger partial charge in [-0.3, -0.25) is 10.1 Å². The monoisotopic (exact) mass is 325 g/mol. The van der Waals surface area contributed by atoms with E-state index < -0.39 is 11.9 Å². The molecule has 112 valence electrons. The van der Waals surface area contributed by atoms with E-state index in [9.17, 15) is 9.59 Å². The van der Waals surface area contributed by atoms with Crippen LogP contribution in [0.2, 0.25) is 0 Å². The summed E-state index contributed by atoms with van der Waals surface area (Å²) < 4.78 is 0. The standard InChI is InChI=1S/C12H15N5O2S2/c1-2-4-14-11(19)15-8(18)6-21-12-16-9(13)7-3-5-20-10(7)17-12/h3,5H,2,4,6H2,1H3,(H2,13,16,17)(H2,14,15,18,19). The summed E-state index contributed by atoms with van der Waals surface area (Å²) in [6.07, 6.45) is 0.810. The smallest absolute Gasteiger partial charge is 0.321 e. The average molecular weight is 325 g/mol. The molecule has 21 heavy (non-hydrogen) atoms. The SMILES string of the molecule is CCCNC(=O)NC(=O)CSc1nc(N)c2ccsc2n1. The van der Waals surface area contributed by atoms with Gasteiger partial charge >= 0.3 is 6.03 Å². The number of nitrogen functional groups attached to an aromatic ring is 1. The predicted octanol–water partition coefficient (Wildman–Crippen LogP) is 1.60. The first-order valence-electron chi connectivity index (χ1n) is 6.31. The lowest BCUT2D eigenvalue weighted by Gasteiger charge is -2.05. The van der Waals surface area contributed by atoms with Gasteiger partial charge in [0.25, 0.3) is 0 Å². The Morgan fingerprint density at radius 3 is 3.00 bits per heavy atom. The van der Waals surface area contributed by atoms with Crippen LogP contribution in [0.1, 0.15) is 13.3 Å². The number of hydrogen-bond acceptors (Lipinski definition) is 7. The molecule has 0 radical (unpaired) electrons. The lowest BCUT2D eigenvalue weighted by atomic mass is 10.4. The largest absolute Gasteiger partial charge is 0.383 e. The fourth-order valence-electron chi connectivity index (χ4n) is 1.50. The molecule has 4 N–H and O–H groups in total. The van der Waals surface area contributed by atoms with Gasteiger partial charge in [-0.25, -0.2) is 14.8 Å². The maximum atomic E-state index is 11.6. The molecule has 3 amide bonds. The first-order chi connectivity index (χ1) is 10.1. The van der Waals surface area contributed by atoms with Crippen LogP contribution in [0.3, 0.4) is 0 Å². The number of nitrogens with two attached hydrogens (primary N) is 1. The zero-order valence-electron chi connectivity index (χ0n) is 11.4. The lowest BCUT2D eigenvalue weighted by molar-refractivity contribution is -0.117. The second-order valence-corrected chi connectivity index (χ2v) is 5.96. The van der Waals surface area contributed by atoms with E-state index in [1.165, 1.54) is 11.3 Å². The number of carbonyl (C=O) groups excluding carboxylic acids is 2. The van der Waals surface area contributed by atoms with Crippen molar-refractivity contribution in [3.05, 3.63) is 11.4 Å². The van der Waals surface area contributed by atoms with Gasteiger partial charge in [0, 0.05) is 6.54 Å². The van der Waals surface area contributed by atoms with E-state index in [-0.39, 0.29) is 5.75 Å². The highest BCUT2D eigenvalue weighted by Crippen LogP contribution is 2.25. The number of rotatable bonds is 5. The summed E-state index contributed by atoms with van der Waals surface area (Å²) in [5.74, 6) is 0.0440. The number of amides is 3. The van der Waals surface area contributed by atoms with E-state index in [0.29, 0.717) is 17.5 Å². The summed E-state index contributed by atoms with van der Waals surface area (Å²) in [5, 5.41) is 7.92. The molecule has 2 heterocycles. The van der Waals surface area contributed by atoms with Gasteiger partial charge in [-0.05, 0) is 17.9 Å². The number of nitrogens with one attached hydrogen (secondary N) is 2. The van der Waals surface area contributed by atoms with Gasteiger partial charge in [0.1, 0.15) is 10.6 Å². The summed E-state index contributed by atoms with van der Waals surface area (Å²) in [5.41, 5.74) is 5.82. The van der Waals surface area contributed by atoms with Crippen LogP contribution in [-0.2, 0) is 4.79 Å². The number of thiophene rings is 1. The zero-order chi connectivity index (χ0) is 15.2. The van der Waals surface area contributed by atoms with Crippen LogP contribution in [0.5, 0.6) is 0 Å². The Morgan fingerprint density at radius 1 is 1.43 bits per heavy atom. The third-order valence-electron chi connectivity index (χ3n) is 2.45. The van der Waals surface area contributed by atoms with Crippen LogP contribution >= 0.6 is 23.1 Å². The molecule has 0 fully saturated rings. The van der Waals surface area contributed by atoms with E-state index in [2.05, 4.69) is 20.6 Å². The molecule has 0 atom stereocenters. The molecule has 0 saturated heterocycles. The Morgan fingerprint density at radius 2 is 2.24 bits per heavy atom. The first kappa shape index (κ1) is 15.5. The molecule has 0 unspecified atom stereocenters. The second kappa shape index (κ2) is 7.23. The van der Waals surface area contributed by atoms with Crippen molar-refractivity contribution in [1.29, 1.82) is 0 Å². The Labute approximate surface area is 129 Å². The fraction of sp³-hybridized carbons (Fsp3) is 0.333. The highest BCUT2D eigenvalue weighted by Gasteiger charge is 2.11. The minimum absolute atomic E-state index is 0.0515. The van der Waals surface area contributed by atoms with E-state index in [4.69, 9.17) is 5.73 Å². The topological polar surface area (TPSA) is 110 Å². The summed E-state index contributed by atoms with van der Waals surface area (Å²) in [4.78, 5) is 32.1. The van der Waals surface area contributed by atoms with Crippen molar-refractivity contribution in [2.75, 3.05) is 18.0 Å². The van der Waals surface area contributed by atoms with Crippen LogP contribution < -0.4 is 16.4 Å². The minimum atomic E-state index is -0.489. The van der Waals surface area contributed by atoms with E-state index in [0.717, 1.165) is 28.4 Å². The Hall–Kier alpha value is -1.87. The van der Waals surface area contributed by atoms with Crippen LogP contribution in [0.15, 0.2) is 16.6 Å². The molecule has 9 heteroatoms. The lowest BCUT2D eigenvalue weighted by Crippen LogP contribution is -2.40. The number of urea groups is 1. The number of carbonyl (C=O) groups is 2.